The highest BCUT2D eigenvalue weighted by Crippen LogP contribution is 2.09. The second-order valence-electron chi connectivity index (χ2n) is 5.47. The summed E-state index contributed by atoms with van der Waals surface area (Å²) in [5.41, 5.74) is 8.18. The molecule has 1 amide bonds. The highest BCUT2D eigenvalue weighted by molar-refractivity contribution is 5.85. The molecule has 1 aromatic rings. The fourth-order valence-corrected chi connectivity index (χ4v) is 2.17. The number of carbonyl (C=O) groups is 1. The van der Waals surface area contributed by atoms with E-state index in [-0.39, 0.29) is 24.9 Å². The third kappa shape index (κ3) is 6.75. The summed E-state index contributed by atoms with van der Waals surface area (Å²) in [5.74, 6) is -0.0725. The molecule has 0 fully saturated rings. The lowest BCUT2D eigenvalue weighted by atomic mass is 10.1. The maximum absolute atomic E-state index is 12.2. The number of likely N-dealkylation sites (N-methyl/N-ethyl adjacent to an activating group) is 1. The van der Waals surface area contributed by atoms with Crippen LogP contribution in [0.4, 0.5) is 0 Å². The van der Waals surface area contributed by atoms with Crippen molar-refractivity contribution >= 4 is 18.3 Å². The van der Waals surface area contributed by atoms with E-state index in [2.05, 4.69) is 29.2 Å². The Morgan fingerprint density at radius 3 is 2.09 bits per heavy atom. The summed E-state index contributed by atoms with van der Waals surface area (Å²) in [7, 11) is 5.64. The van der Waals surface area contributed by atoms with E-state index in [9.17, 15) is 4.79 Å². The standard InChI is InChI=1S/C16H27N3O2.ClH/c1-5-19(16(20)15(17)12-21-4)11-14-8-6-13(7-9-14)10-18(2)3;/h6-9,15H,5,10-12,17H2,1-4H3;1H. The smallest absolute Gasteiger partial charge is 0.242 e. The van der Waals surface area contributed by atoms with Crippen molar-refractivity contribution in [1.82, 2.24) is 9.80 Å². The van der Waals surface area contributed by atoms with E-state index in [1.54, 1.807) is 12.0 Å². The number of hydrogen-bond acceptors (Lipinski definition) is 4. The van der Waals surface area contributed by atoms with Crippen LogP contribution < -0.4 is 5.73 Å². The number of methoxy groups -OCH3 is 1. The van der Waals surface area contributed by atoms with E-state index in [1.165, 1.54) is 5.56 Å². The number of hydrogen-bond donors (Lipinski definition) is 1. The molecule has 1 unspecified atom stereocenters. The van der Waals surface area contributed by atoms with E-state index in [4.69, 9.17) is 10.5 Å². The molecule has 1 aromatic carbocycles. The van der Waals surface area contributed by atoms with Crippen LogP contribution in [0.3, 0.4) is 0 Å². The molecule has 126 valence electrons. The van der Waals surface area contributed by atoms with E-state index >= 15 is 0 Å². The number of halogens is 1. The van der Waals surface area contributed by atoms with Crippen molar-refractivity contribution in [2.75, 3.05) is 34.4 Å². The lowest BCUT2D eigenvalue weighted by Crippen LogP contribution is -2.45. The topological polar surface area (TPSA) is 58.8 Å². The Morgan fingerprint density at radius 1 is 1.18 bits per heavy atom. The van der Waals surface area contributed by atoms with Crippen LogP contribution in [0.25, 0.3) is 0 Å². The van der Waals surface area contributed by atoms with Crippen LogP contribution >= 0.6 is 12.4 Å². The zero-order valence-corrected chi connectivity index (χ0v) is 14.7. The highest BCUT2D eigenvalue weighted by atomic mass is 35.5. The molecule has 0 aromatic heterocycles. The Morgan fingerprint density at radius 2 is 1.68 bits per heavy atom. The Labute approximate surface area is 139 Å². The quantitative estimate of drug-likeness (QED) is 0.785. The van der Waals surface area contributed by atoms with Gasteiger partial charge in [0, 0.05) is 26.7 Å². The zero-order chi connectivity index (χ0) is 15.8. The summed E-state index contributed by atoms with van der Waals surface area (Å²) in [6.45, 7) is 4.33. The highest BCUT2D eigenvalue weighted by Gasteiger charge is 2.19. The Balaban J connectivity index is 0.00000441. The number of benzene rings is 1. The van der Waals surface area contributed by atoms with E-state index in [0.717, 1.165) is 12.1 Å². The van der Waals surface area contributed by atoms with Gasteiger partial charge in [0.15, 0.2) is 0 Å². The molecule has 0 aliphatic heterocycles. The molecule has 1 rings (SSSR count). The number of rotatable bonds is 8. The summed E-state index contributed by atoms with van der Waals surface area (Å²) in [5, 5.41) is 0. The maximum atomic E-state index is 12.2. The van der Waals surface area contributed by atoms with Crippen LogP contribution in [0.1, 0.15) is 18.1 Å². The molecule has 0 heterocycles. The lowest BCUT2D eigenvalue weighted by Gasteiger charge is -2.24. The van der Waals surface area contributed by atoms with E-state index < -0.39 is 6.04 Å². The predicted molar refractivity (Wildman–Crippen MR) is 92.0 cm³/mol. The van der Waals surface area contributed by atoms with Gasteiger partial charge in [0.05, 0.1) is 6.61 Å². The van der Waals surface area contributed by atoms with Crippen LogP contribution in [-0.2, 0) is 22.6 Å². The maximum Gasteiger partial charge on any atom is 0.242 e. The molecule has 0 bridgehead atoms. The molecular formula is C16H28ClN3O2. The van der Waals surface area contributed by atoms with Crippen molar-refractivity contribution < 1.29 is 9.53 Å². The summed E-state index contributed by atoms with van der Waals surface area (Å²) < 4.78 is 4.95. The number of nitrogens with zero attached hydrogens (tertiary/aromatic N) is 2. The first-order chi connectivity index (χ1) is 9.97. The molecular weight excluding hydrogens is 302 g/mol. The normalized spacial score (nSPS) is 11.9. The van der Waals surface area contributed by atoms with Gasteiger partial charge in [-0.05, 0) is 32.1 Å². The molecule has 0 saturated carbocycles. The zero-order valence-electron chi connectivity index (χ0n) is 13.9. The Kier molecular flexibility index (Phi) is 10.0. The Bertz CT molecular complexity index is 438. The third-order valence-electron chi connectivity index (χ3n) is 3.25. The van der Waals surface area contributed by atoms with Gasteiger partial charge in [0.2, 0.25) is 5.91 Å². The second-order valence-corrected chi connectivity index (χ2v) is 5.47. The monoisotopic (exact) mass is 329 g/mol. The first-order valence-electron chi connectivity index (χ1n) is 7.23. The molecule has 0 saturated heterocycles. The second kappa shape index (κ2) is 10.6. The number of carbonyl (C=O) groups excluding carboxylic acids is 1. The van der Waals surface area contributed by atoms with Gasteiger partial charge in [-0.25, -0.2) is 0 Å². The fourth-order valence-electron chi connectivity index (χ4n) is 2.17. The van der Waals surface area contributed by atoms with Gasteiger partial charge < -0.3 is 20.3 Å². The molecule has 0 radical (unpaired) electrons. The minimum atomic E-state index is -0.594. The first-order valence-corrected chi connectivity index (χ1v) is 7.23. The molecule has 0 aliphatic rings. The largest absolute Gasteiger partial charge is 0.383 e. The van der Waals surface area contributed by atoms with Crippen LogP contribution in [0.15, 0.2) is 24.3 Å². The number of amides is 1. The summed E-state index contributed by atoms with van der Waals surface area (Å²) >= 11 is 0. The van der Waals surface area contributed by atoms with Crippen LogP contribution in [-0.4, -0.2) is 56.1 Å². The van der Waals surface area contributed by atoms with Crippen molar-refractivity contribution in [1.29, 1.82) is 0 Å². The van der Waals surface area contributed by atoms with Gasteiger partial charge >= 0.3 is 0 Å². The molecule has 0 spiro atoms. The van der Waals surface area contributed by atoms with Gasteiger partial charge in [-0.15, -0.1) is 12.4 Å². The molecule has 6 heteroatoms. The molecule has 5 nitrogen and oxygen atoms in total. The first kappa shape index (κ1) is 20.9. The van der Waals surface area contributed by atoms with Gasteiger partial charge in [0.25, 0.3) is 0 Å². The summed E-state index contributed by atoms with van der Waals surface area (Å²) in [6, 6.07) is 7.74. The van der Waals surface area contributed by atoms with Crippen molar-refractivity contribution in [2.24, 2.45) is 5.73 Å². The van der Waals surface area contributed by atoms with Gasteiger partial charge in [-0.3, -0.25) is 4.79 Å². The molecule has 0 aliphatic carbocycles. The van der Waals surface area contributed by atoms with Gasteiger partial charge in [-0.1, -0.05) is 24.3 Å². The SMILES string of the molecule is CCN(Cc1ccc(CN(C)C)cc1)C(=O)C(N)COC.Cl. The van der Waals surface area contributed by atoms with Crippen LogP contribution in [0, 0.1) is 0 Å². The minimum absolute atomic E-state index is 0. The van der Waals surface area contributed by atoms with Crippen molar-refractivity contribution in [3.05, 3.63) is 35.4 Å². The predicted octanol–water partition coefficient (Wildman–Crippen LogP) is 1.49. The summed E-state index contributed by atoms with van der Waals surface area (Å²) in [6.07, 6.45) is 0. The fraction of sp³-hybridized carbons (Fsp3) is 0.562. The van der Waals surface area contributed by atoms with Gasteiger partial charge in [0.1, 0.15) is 6.04 Å². The summed E-state index contributed by atoms with van der Waals surface area (Å²) in [4.78, 5) is 16.1. The third-order valence-corrected chi connectivity index (χ3v) is 3.25. The van der Waals surface area contributed by atoms with E-state index in [0.29, 0.717) is 13.1 Å². The average Bonchev–Trinajstić information content (AvgIpc) is 2.45. The van der Waals surface area contributed by atoms with Crippen molar-refractivity contribution in [2.45, 2.75) is 26.1 Å². The van der Waals surface area contributed by atoms with Crippen LogP contribution in [0.5, 0.6) is 0 Å². The van der Waals surface area contributed by atoms with Crippen molar-refractivity contribution in [3.63, 3.8) is 0 Å². The van der Waals surface area contributed by atoms with Crippen LogP contribution in [0.2, 0.25) is 0 Å². The molecule has 2 N–H and O–H groups in total. The van der Waals surface area contributed by atoms with Gasteiger partial charge in [-0.2, -0.15) is 0 Å². The van der Waals surface area contributed by atoms with E-state index in [1.807, 2.05) is 21.0 Å². The average molecular weight is 330 g/mol. The Hall–Kier alpha value is -1.14. The van der Waals surface area contributed by atoms with Crippen molar-refractivity contribution in [3.8, 4) is 0 Å². The minimum Gasteiger partial charge on any atom is -0.383 e. The number of nitrogens with two attached hydrogens (primary N) is 1. The molecule has 1 atom stereocenters. The number of ether oxygens (including phenoxy) is 1. The lowest BCUT2D eigenvalue weighted by molar-refractivity contribution is -0.134. The molecule has 22 heavy (non-hydrogen) atoms.